The first-order chi connectivity index (χ1) is 9.18. The number of anilines is 1. The van der Waals surface area contributed by atoms with Gasteiger partial charge in [-0.1, -0.05) is 24.3 Å². The van der Waals surface area contributed by atoms with Crippen molar-refractivity contribution in [3.8, 4) is 0 Å². The minimum absolute atomic E-state index is 0.0516. The smallest absolute Gasteiger partial charge is 0.197 e. The molecule has 1 aromatic carbocycles. The van der Waals surface area contributed by atoms with Gasteiger partial charge in [-0.2, -0.15) is 0 Å². The molecule has 0 aliphatic carbocycles. The molecule has 96 valence electrons. The molecule has 0 spiro atoms. The molecule has 5 heteroatoms. The van der Waals surface area contributed by atoms with E-state index < -0.39 is 5.97 Å². The summed E-state index contributed by atoms with van der Waals surface area (Å²) in [6, 6.07) is 9.87. The lowest BCUT2D eigenvalue weighted by Crippen LogP contribution is -2.23. The molecule has 0 saturated carbocycles. The zero-order valence-corrected chi connectivity index (χ0v) is 10.6. The third-order valence-corrected chi connectivity index (χ3v) is 3.27. The van der Waals surface area contributed by atoms with Crippen molar-refractivity contribution in [3.05, 3.63) is 64.5 Å². The van der Waals surface area contributed by atoms with Crippen LogP contribution in [0.2, 0.25) is 0 Å². The summed E-state index contributed by atoms with van der Waals surface area (Å²) in [6.07, 6.45) is 2.78. The molecule has 0 aliphatic rings. The molecule has 0 fully saturated rings. The van der Waals surface area contributed by atoms with Crippen LogP contribution < -0.4 is 10.4 Å². The number of hydrogen-bond acceptors (Lipinski definition) is 5. The molecule has 2 aromatic rings. The van der Waals surface area contributed by atoms with Gasteiger partial charge in [0, 0.05) is 23.5 Å². The second kappa shape index (κ2) is 5.97. The van der Waals surface area contributed by atoms with Gasteiger partial charge in [-0.15, -0.1) is 11.3 Å². The Bertz CT molecular complexity index is 617. The van der Waals surface area contributed by atoms with Gasteiger partial charge in [-0.05, 0) is 17.5 Å². The minimum atomic E-state index is -1.26. The van der Waals surface area contributed by atoms with E-state index in [0.717, 1.165) is 0 Å². The van der Waals surface area contributed by atoms with Crippen LogP contribution in [0, 0.1) is 0 Å². The van der Waals surface area contributed by atoms with Gasteiger partial charge in [0.05, 0.1) is 10.8 Å². The first-order valence-corrected chi connectivity index (χ1v) is 6.38. The van der Waals surface area contributed by atoms with Crippen LogP contribution in [0.15, 0.2) is 54.1 Å². The standard InChI is InChI=1S/C14H11NO3S/c16-12(13-6-3-9-19-13)7-8-15-11-5-2-1-4-10(11)14(17)18/h1-9,15H,(H,17,18)/p-1/b8-7+. The van der Waals surface area contributed by atoms with Crippen molar-refractivity contribution in [2.24, 2.45) is 0 Å². The molecule has 1 aromatic heterocycles. The molecule has 1 N–H and O–H groups in total. The maximum absolute atomic E-state index is 11.7. The number of carboxylic acid groups (broad SMARTS) is 1. The Kier molecular flexibility index (Phi) is 4.10. The van der Waals surface area contributed by atoms with Crippen LogP contribution in [-0.4, -0.2) is 11.8 Å². The quantitative estimate of drug-likeness (QED) is 0.667. The van der Waals surface area contributed by atoms with Crippen LogP contribution in [0.3, 0.4) is 0 Å². The van der Waals surface area contributed by atoms with Crippen molar-refractivity contribution in [2.75, 3.05) is 5.32 Å². The number of allylic oxidation sites excluding steroid dienone is 1. The zero-order chi connectivity index (χ0) is 13.7. The van der Waals surface area contributed by atoms with Crippen molar-refractivity contribution in [3.63, 3.8) is 0 Å². The fraction of sp³-hybridized carbons (Fsp3) is 0. The predicted octanol–water partition coefficient (Wildman–Crippen LogP) is 1.92. The molecule has 0 aliphatic heterocycles. The Balaban J connectivity index is 2.07. The Morgan fingerprint density at radius 3 is 2.63 bits per heavy atom. The molecule has 0 radical (unpaired) electrons. The highest BCUT2D eigenvalue weighted by molar-refractivity contribution is 7.12. The number of aromatic carboxylic acids is 1. The molecule has 19 heavy (non-hydrogen) atoms. The lowest BCUT2D eigenvalue weighted by Gasteiger charge is -2.09. The number of hydrogen-bond donors (Lipinski definition) is 1. The summed E-state index contributed by atoms with van der Waals surface area (Å²) in [4.78, 5) is 23.2. The van der Waals surface area contributed by atoms with E-state index in [4.69, 9.17) is 0 Å². The SMILES string of the molecule is O=C(/C=C/Nc1ccccc1C(=O)[O-])c1cccs1. The van der Waals surface area contributed by atoms with E-state index in [0.29, 0.717) is 10.6 Å². The fourth-order valence-electron chi connectivity index (χ4n) is 1.50. The monoisotopic (exact) mass is 272 g/mol. The average molecular weight is 272 g/mol. The number of carbonyl (C=O) groups excluding carboxylic acids is 2. The van der Waals surface area contributed by atoms with E-state index in [1.54, 1.807) is 30.3 Å². The molecule has 0 saturated heterocycles. The maximum atomic E-state index is 11.7. The van der Waals surface area contributed by atoms with Gasteiger partial charge in [-0.3, -0.25) is 4.79 Å². The summed E-state index contributed by atoms with van der Waals surface area (Å²) in [6.45, 7) is 0. The van der Waals surface area contributed by atoms with Crippen molar-refractivity contribution >= 4 is 28.8 Å². The van der Waals surface area contributed by atoms with Crippen molar-refractivity contribution in [1.29, 1.82) is 0 Å². The summed E-state index contributed by atoms with van der Waals surface area (Å²) in [5.41, 5.74) is 0.438. The van der Waals surface area contributed by atoms with Gasteiger partial charge in [0.1, 0.15) is 0 Å². The molecule has 4 nitrogen and oxygen atoms in total. The van der Waals surface area contributed by atoms with Crippen molar-refractivity contribution in [2.45, 2.75) is 0 Å². The average Bonchev–Trinajstić information content (AvgIpc) is 2.93. The molecule has 0 amide bonds. The summed E-state index contributed by atoms with van der Waals surface area (Å²) >= 11 is 1.35. The van der Waals surface area contributed by atoms with Crippen LogP contribution in [-0.2, 0) is 0 Å². The number of carboxylic acids is 1. The van der Waals surface area contributed by atoms with E-state index in [-0.39, 0.29) is 11.3 Å². The summed E-state index contributed by atoms with van der Waals surface area (Å²) in [7, 11) is 0. The van der Waals surface area contributed by atoms with E-state index in [2.05, 4.69) is 5.32 Å². The van der Waals surface area contributed by atoms with Gasteiger partial charge in [-0.25, -0.2) is 0 Å². The number of ketones is 1. The highest BCUT2D eigenvalue weighted by Crippen LogP contribution is 2.14. The number of carbonyl (C=O) groups is 2. The third kappa shape index (κ3) is 3.29. The van der Waals surface area contributed by atoms with E-state index in [1.165, 1.54) is 29.7 Å². The third-order valence-electron chi connectivity index (χ3n) is 2.38. The largest absolute Gasteiger partial charge is 0.545 e. The van der Waals surface area contributed by atoms with Gasteiger partial charge >= 0.3 is 0 Å². The van der Waals surface area contributed by atoms with Gasteiger partial charge in [0.2, 0.25) is 0 Å². The second-order valence-corrected chi connectivity index (χ2v) is 4.60. The Hall–Kier alpha value is -2.40. The fourth-order valence-corrected chi connectivity index (χ4v) is 2.14. The Morgan fingerprint density at radius 2 is 1.95 bits per heavy atom. The van der Waals surface area contributed by atoms with Crippen LogP contribution in [0.1, 0.15) is 20.0 Å². The van der Waals surface area contributed by atoms with Gasteiger partial charge < -0.3 is 15.2 Å². The van der Waals surface area contributed by atoms with Gasteiger partial charge in [0.25, 0.3) is 0 Å². The molecule has 1 heterocycles. The van der Waals surface area contributed by atoms with Crippen LogP contribution in [0.4, 0.5) is 5.69 Å². The van der Waals surface area contributed by atoms with E-state index in [1.807, 2.05) is 5.38 Å². The zero-order valence-electron chi connectivity index (χ0n) is 9.83. The molecule has 0 unspecified atom stereocenters. The molecular weight excluding hydrogens is 262 g/mol. The van der Waals surface area contributed by atoms with Crippen molar-refractivity contribution < 1.29 is 14.7 Å². The Morgan fingerprint density at radius 1 is 1.16 bits per heavy atom. The first kappa shape index (κ1) is 13.0. The number of nitrogens with one attached hydrogen (secondary N) is 1. The number of para-hydroxylation sites is 1. The predicted molar refractivity (Wildman–Crippen MR) is 72.2 cm³/mol. The highest BCUT2D eigenvalue weighted by atomic mass is 32.1. The molecule has 0 atom stereocenters. The second-order valence-electron chi connectivity index (χ2n) is 3.65. The molecule has 0 bridgehead atoms. The Labute approximate surface area is 114 Å². The topological polar surface area (TPSA) is 69.2 Å². The van der Waals surface area contributed by atoms with E-state index >= 15 is 0 Å². The minimum Gasteiger partial charge on any atom is -0.545 e. The van der Waals surface area contributed by atoms with Crippen molar-refractivity contribution in [1.82, 2.24) is 0 Å². The lowest BCUT2D eigenvalue weighted by molar-refractivity contribution is -0.254. The summed E-state index contributed by atoms with van der Waals surface area (Å²) < 4.78 is 0. The summed E-state index contributed by atoms with van der Waals surface area (Å²) in [5, 5.41) is 15.5. The number of thiophene rings is 1. The number of benzene rings is 1. The highest BCUT2D eigenvalue weighted by Gasteiger charge is 2.02. The first-order valence-electron chi connectivity index (χ1n) is 5.50. The number of rotatable bonds is 5. The molecular formula is C14H10NO3S-. The van der Waals surface area contributed by atoms with Crippen LogP contribution in [0.5, 0.6) is 0 Å². The normalized spacial score (nSPS) is 10.5. The van der Waals surface area contributed by atoms with Crippen LogP contribution in [0.25, 0.3) is 0 Å². The van der Waals surface area contributed by atoms with Gasteiger partial charge in [0.15, 0.2) is 5.78 Å². The van der Waals surface area contributed by atoms with E-state index in [9.17, 15) is 14.7 Å². The lowest BCUT2D eigenvalue weighted by atomic mass is 10.2. The molecule has 2 rings (SSSR count). The van der Waals surface area contributed by atoms with Crippen LogP contribution >= 0.6 is 11.3 Å². The maximum Gasteiger partial charge on any atom is 0.197 e. The summed E-state index contributed by atoms with van der Waals surface area (Å²) in [5.74, 6) is -1.39.